The maximum absolute atomic E-state index is 11.1. The Bertz CT molecular complexity index is 268. The van der Waals surface area contributed by atoms with Gasteiger partial charge in [0.05, 0.1) is 12.3 Å². The molecule has 1 atom stereocenters. The van der Waals surface area contributed by atoms with E-state index in [9.17, 15) is 9.59 Å². The summed E-state index contributed by atoms with van der Waals surface area (Å²) in [5.41, 5.74) is 0. The molecule has 1 fully saturated rings. The Kier molecular flexibility index (Phi) is 5.83. The molecule has 0 N–H and O–H groups in total. The van der Waals surface area contributed by atoms with Gasteiger partial charge >= 0.3 is 11.9 Å². The summed E-state index contributed by atoms with van der Waals surface area (Å²) in [6.45, 7) is 2.12. The van der Waals surface area contributed by atoms with E-state index in [0.717, 1.165) is 38.5 Å². The SMILES string of the molecule is CC/C=C/CCCCCC1CC(=O)OC1=O. The minimum absolute atomic E-state index is 0.168. The average molecular weight is 224 g/mol. The van der Waals surface area contributed by atoms with Gasteiger partial charge in [-0.15, -0.1) is 0 Å². The summed E-state index contributed by atoms with van der Waals surface area (Å²) in [5, 5.41) is 0. The Hall–Kier alpha value is -1.12. The zero-order valence-corrected chi connectivity index (χ0v) is 9.91. The van der Waals surface area contributed by atoms with E-state index in [2.05, 4.69) is 23.8 Å². The number of allylic oxidation sites excluding steroid dienone is 2. The van der Waals surface area contributed by atoms with Crippen molar-refractivity contribution in [3.05, 3.63) is 12.2 Å². The van der Waals surface area contributed by atoms with E-state index in [1.807, 2.05) is 0 Å². The Morgan fingerprint density at radius 3 is 2.69 bits per heavy atom. The van der Waals surface area contributed by atoms with Gasteiger partial charge in [0, 0.05) is 0 Å². The molecule has 1 rings (SSSR count). The van der Waals surface area contributed by atoms with Gasteiger partial charge in [-0.3, -0.25) is 9.59 Å². The molecule has 90 valence electrons. The first-order chi connectivity index (χ1) is 7.74. The lowest BCUT2D eigenvalue weighted by Crippen LogP contribution is -2.06. The lowest BCUT2D eigenvalue weighted by atomic mass is 9.99. The average Bonchev–Trinajstić information content (AvgIpc) is 2.56. The molecule has 0 radical (unpaired) electrons. The fraction of sp³-hybridized carbons (Fsp3) is 0.692. The van der Waals surface area contributed by atoms with Crippen LogP contribution in [0.2, 0.25) is 0 Å². The normalized spacial score (nSPS) is 20.7. The van der Waals surface area contributed by atoms with E-state index < -0.39 is 0 Å². The number of hydrogen-bond acceptors (Lipinski definition) is 3. The lowest BCUT2D eigenvalue weighted by molar-refractivity contribution is -0.153. The van der Waals surface area contributed by atoms with Gasteiger partial charge in [0.15, 0.2) is 0 Å². The second-order valence-corrected chi connectivity index (χ2v) is 4.21. The van der Waals surface area contributed by atoms with Gasteiger partial charge in [0.1, 0.15) is 0 Å². The van der Waals surface area contributed by atoms with Crippen LogP contribution in [0, 0.1) is 5.92 Å². The van der Waals surface area contributed by atoms with Crippen LogP contribution in [0.5, 0.6) is 0 Å². The molecule has 0 spiro atoms. The third-order valence-electron chi connectivity index (χ3n) is 2.79. The van der Waals surface area contributed by atoms with Gasteiger partial charge in [-0.2, -0.15) is 0 Å². The lowest BCUT2D eigenvalue weighted by Gasteiger charge is -2.02. The number of ether oxygens (including phenoxy) is 1. The summed E-state index contributed by atoms with van der Waals surface area (Å²) >= 11 is 0. The highest BCUT2D eigenvalue weighted by atomic mass is 16.6. The van der Waals surface area contributed by atoms with Crippen LogP contribution in [0.25, 0.3) is 0 Å². The minimum Gasteiger partial charge on any atom is -0.393 e. The van der Waals surface area contributed by atoms with Crippen molar-refractivity contribution >= 4 is 11.9 Å². The second kappa shape index (κ2) is 7.20. The van der Waals surface area contributed by atoms with Crippen LogP contribution in [0.1, 0.15) is 51.9 Å². The van der Waals surface area contributed by atoms with Crippen LogP contribution in [0.15, 0.2) is 12.2 Å². The van der Waals surface area contributed by atoms with Crippen molar-refractivity contribution in [1.82, 2.24) is 0 Å². The van der Waals surface area contributed by atoms with Crippen molar-refractivity contribution in [2.24, 2.45) is 5.92 Å². The Morgan fingerprint density at radius 1 is 1.25 bits per heavy atom. The van der Waals surface area contributed by atoms with Crippen molar-refractivity contribution in [2.45, 2.75) is 51.9 Å². The van der Waals surface area contributed by atoms with Gasteiger partial charge in [0.2, 0.25) is 0 Å². The molecule has 0 saturated carbocycles. The van der Waals surface area contributed by atoms with E-state index in [0.29, 0.717) is 0 Å². The first kappa shape index (κ1) is 12.9. The highest BCUT2D eigenvalue weighted by Gasteiger charge is 2.32. The van der Waals surface area contributed by atoms with Crippen LogP contribution in [-0.4, -0.2) is 11.9 Å². The Labute approximate surface area is 96.9 Å². The van der Waals surface area contributed by atoms with Crippen LogP contribution in [-0.2, 0) is 14.3 Å². The molecule has 0 aromatic carbocycles. The van der Waals surface area contributed by atoms with Crippen LogP contribution in [0.4, 0.5) is 0 Å². The summed E-state index contributed by atoms with van der Waals surface area (Å²) in [7, 11) is 0. The van der Waals surface area contributed by atoms with Crippen LogP contribution >= 0.6 is 0 Å². The fourth-order valence-electron chi connectivity index (χ4n) is 1.86. The smallest absolute Gasteiger partial charge is 0.317 e. The fourth-order valence-corrected chi connectivity index (χ4v) is 1.86. The first-order valence-corrected chi connectivity index (χ1v) is 6.13. The summed E-state index contributed by atoms with van der Waals surface area (Å²) in [6, 6.07) is 0. The Morgan fingerprint density at radius 2 is 2.06 bits per heavy atom. The molecule has 1 unspecified atom stereocenters. The molecule has 3 nitrogen and oxygen atoms in total. The highest BCUT2D eigenvalue weighted by Crippen LogP contribution is 2.22. The molecule has 0 aliphatic carbocycles. The zero-order chi connectivity index (χ0) is 11.8. The predicted octanol–water partition coefficient (Wildman–Crippen LogP) is 2.99. The Balaban J connectivity index is 2.01. The maximum atomic E-state index is 11.1. The van der Waals surface area contributed by atoms with E-state index in [4.69, 9.17) is 0 Å². The predicted molar refractivity (Wildman–Crippen MR) is 61.7 cm³/mol. The zero-order valence-electron chi connectivity index (χ0n) is 9.91. The van der Waals surface area contributed by atoms with Crippen LogP contribution in [0.3, 0.4) is 0 Å². The minimum atomic E-state index is -0.360. The molecule has 0 amide bonds. The summed E-state index contributed by atoms with van der Waals surface area (Å²) in [5.74, 6) is -0.851. The van der Waals surface area contributed by atoms with Crippen molar-refractivity contribution in [2.75, 3.05) is 0 Å². The quantitative estimate of drug-likeness (QED) is 0.289. The third-order valence-corrected chi connectivity index (χ3v) is 2.79. The molecule has 1 aliphatic heterocycles. The second-order valence-electron chi connectivity index (χ2n) is 4.21. The molecule has 0 bridgehead atoms. The van der Waals surface area contributed by atoms with Gasteiger partial charge in [-0.1, -0.05) is 31.9 Å². The third kappa shape index (κ3) is 4.60. The van der Waals surface area contributed by atoms with Crippen molar-refractivity contribution in [3.63, 3.8) is 0 Å². The molecule has 1 aliphatic rings. The van der Waals surface area contributed by atoms with E-state index >= 15 is 0 Å². The number of esters is 2. The molecular formula is C13H20O3. The maximum Gasteiger partial charge on any atom is 0.317 e. The topological polar surface area (TPSA) is 43.4 Å². The number of carbonyl (C=O) groups excluding carboxylic acids is 2. The summed E-state index contributed by atoms with van der Waals surface area (Å²) in [6.07, 6.45) is 10.9. The number of hydrogen-bond donors (Lipinski definition) is 0. The molecular weight excluding hydrogens is 204 g/mol. The van der Waals surface area contributed by atoms with E-state index in [1.165, 1.54) is 0 Å². The largest absolute Gasteiger partial charge is 0.393 e. The van der Waals surface area contributed by atoms with E-state index in [1.54, 1.807) is 0 Å². The van der Waals surface area contributed by atoms with Gasteiger partial charge < -0.3 is 4.74 Å². The van der Waals surface area contributed by atoms with Crippen molar-refractivity contribution in [1.29, 1.82) is 0 Å². The number of cyclic esters (lactones) is 2. The molecule has 0 aromatic rings. The molecule has 16 heavy (non-hydrogen) atoms. The molecule has 1 heterocycles. The highest BCUT2D eigenvalue weighted by molar-refractivity contribution is 5.94. The molecule has 1 saturated heterocycles. The monoisotopic (exact) mass is 224 g/mol. The van der Waals surface area contributed by atoms with E-state index in [-0.39, 0.29) is 24.3 Å². The summed E-state index contributed by atoms with van der Waals surface area (Å²) < 4.78 is 4.49. The molecule has 3 heteroatoms. The number of rotatable bonds is 7. The van der Waals surface area contributed by atoms with Gasteiger partial charge in [-0.05, 0) is 25.7 Å². The van der Waals surface area contributed by atoms with Crippen LogP contribution < -0.4 is 0 Å². The standard InChI is InChI=1S/C13H20O3/c1-2-3-4-5-6-7-8-9-11-10-12(14)16-13(11)15/h3-4,11H,2,5-10H2,1H3/b4-3+. The van der Waals surface area contributed by atoms with Gasteiger partial charge in [0.25, 0.3) is 0 Å². The number of carbonyl (C=O) groups is 2. The first-order valence-electron chi connectivity index (χ1n) is 6.13. The molecule has 0 aromatic heterocycles. The van der Waals surface area contributed by atoms with Gasteiger partial charge in [-0.25, -0.2) is 0 Å². The van der Waals surface area contributed by atoms with Crippen molar-refractivity contribution in [3.8, 4) is 0 Å². The van der Waals surface area contributed by atoms with Crippen molar-refractivity contribution < 1.29 is 14.3 Å². The number of unbranched alkanes of at least 4 members (excludes halogenated alkanes) is 3. The summed E-state index contributed by atoms with van der Waals surface area (Å²) in [4.78, 5) is 22.0.